The molecule has 1 aromatic carbocycles. The number of carbonyl (C=O) groups is 1. The average molecular weight is 266 g/mol. The van der Waals surface area contributed by atoms with Crippen LogP contribution in [0.15, 0.2) is 24.3 Å². The summed E-state index contributed by atoms with van der Waals surface area (Å²) in [4.78, 5) is 11.8. The molecule has 0 aliphatic rings. The van der Waals surface area contributed by atoms with E-state index in [1.807, 2.05) is 24.3 Å². The Morgan fingerprint density at radius 3 is 2.78 bits per heavy atom. The first-order chi connectivity index (χ1) is 8.56. The molecule has 0 saturated heterocycles. The highest BCUT2D eigenvalue weighted by atomic mass is 32.1. The van der Waals surface area contributed by atoms with Crippen molar-refractivity contribution in [3.63, 3.8) is 0 Å². The van der Waals surface area contributed by atoms with E-state index in [4.69, 9.17) is 10.5 Å². The Kier molecular flexibility index (Phi) is 3.40. The SMILES string of the molecule is COc1c(C(C)N(O)C(N)=O)sc2ccccc12. The van der Waals surface area contributed by atoms with E-state index in [-0.39, 0.29) is 0 Å². The number of methoxy groups -OCH3 is 1. The van der Waals surface area contributed by atoms with Crippen molar-refractivity contribution in [2.75, 3.05) is 7.11 Å². The number of hydroxylamine groups is 2. The molecule has 3 N–H and O–H groups in total. The van der Waals surface area contributed by atoms with Crippen molar-refractivity contribution in [2.24, 2.45) is 5.73 Å². The first-order valence-corrected chi connectivity index (χ1v) is 6.21. The number of primary amides is 1. The molecule has 2 rings (SSSR count). The molecule has 96 valence electrons. The zero-order valence-corrected chi connectivity index (χ0v) is 10.9. The number of amides is 2. The molecular formula is C12H14N2O3S. The second kappa shape index (κ2) is 4.83. The van der Waals surface area contributed by atoms with Crippen LogP contribution in [-0.4, -0.2) is 23.4 Å². The topological polar surface area (TPSA) is 75.8 Å². The van der Waals surface area contributed by atoms with E-state index in [0.29, 0.717) is 10.8 Å². The number of ether oxygens (including phenoxy) is 1. The summed E-state index contributed by atoms with van der Waals surface area (Å²) in [5.41, 5.74) is 5.06. The molecule has 1 unspecified atom stereocenters. The maximum atomic E-state index is 11.0. The zero-order chi connectivity index (χ0) is 13.3. The molecule has 1 aromatic heterocycles. The minimum absolute atomic E-state index is 0.507. The molecule has 18 heavy (non-hydrogen) atoms. The third kappa shape index (κ3) is 2.00. The van der Waals surface area contributed by atoms with Crippen LogP contribution in [0, 0.1) is 0 Å². The van der Waals surface area contributed by atoms with Gasteiger partial charge in [-0.15, -0.1) is 11.3 Å². The molecule has 0 fully saturated rings. The fourth-order valence-electron chi connectivity index (χ4n) is 1.83. The number of urea groups is 1. The van der Waals surface area contributed by atoms with Gasteiger partial charge in [-0.25, -0.2) is 4.79 Å². The number of nitrogens with two attached hydrogens (primary N) is 1. The Balaban J connectivity index is 2.53. The number of rotatable bonds is 3. The number of carbonyl (C=O) groups excluding carboxylic acids is 1. The van der Waals surface area contributed by atoms with Gasteiger partial charge in [0.1, 0.15) is 5.75 Å². The van der Waals surface area contributed by atoms with Gasteiger partial charge in [0.15, 0.2) is 0 Å². The van der Waals surface area contributed by atoms with Crippen LogP contribution in [0.5, 0.6) is 5.75 Å². The van der Waals surface area contributed by atoms with Crippen molar-refractivity contribution in [2.45, 2.75) is 13.0 Å². The molecular weight excluding hydrogens is 252 g/mol. The number of thiophene rings is 1. The summed E-state index contributed by atoms with van der Waals surface area (Å²) in [5, 5.41) is 11.1. The van der Waals surface area contributed by atoms with Crippen LogP contribution in [0.25, 0.3) is 10.1 Å². The van der Waals surface area contributed by atoms with Gasteiger partial charge in [0, 0.05) is 10.1 Å². The Hall–Kier alpha value is -1.79. The maximum Gasteiger partial charge on any atom is 0.339 e. The minimum Gasteiger partial charge on any atom is -0.495 e. The lowest BCUT2D eigenvalue weighted by Gasteiger charge is -2.20. The summed E-state index contributed by atoms with van der Waals surface area (Å²) in [6, 6.07) is 6.31. The fraction of sp³-hybridized carbons (Fsp3) is 0.250. The van der Waals surface area contributed by atoms with Gasteiger partial charge < -0.3 is 10.5 Å². The summed E-state index contributed by atoms with van der Waals surface area (Å²) < 4.78 is 6.41. The Bertz CT molecular complexity index is 582. The second-order valence-electron chi connectivity index (χ2n) is 3.85. The molecule has 0 aliphatic carbocycles. The van der Waals surface area contributed by atoms with Crippen LogP contribution in [0.2, 0.25) is 0 Å². The molecule has 2 amide bonds. The lowest BCUT2D eigenvalue weighted by molar-refractivity contribution is -0.0704. The first kappa shape index (κ1) is 12.7. The number of nitrogens with zero attached hydrogens (tertiary/aromatic N) is 1. The predicted octanol–water partition coefficient (Wildman–Crippen LogP) is 2.74. The van der Waals surface area contributed by atoms with Gasteiger partial charge >= 0.3 is 6.03 Å². The maximum absolute atomic E-state index is 11.0. The summed E-state index contributed by atoms with van der Waals surface area (Å²) in [6.07, 6.45) is 0. The van der Waals surface area contributed by atoms with Crippen molar-refractivity contribution in [1.29, 1.82) is 0 Å². The molecule has 2 aromatic rings. The van der Waals surface area contributed by atoms with Crippen molar-refractivity contribution >= 4 is 27.5 Å². The highest BCUT2D eigenvalue weighted by Gasteiger charge is 2.24. The number of benzene rings is 1. The average Bonchev–Trinajstić information content (AvgIpc) is 2.75. The Morgan fingerprint density at radius 2 is 2.17 bits per heavy atom. The van der Waals surface area contributed by atoms with E-state index in [9.17, 15) is 10.0 Å². The van der Waals surface area contributed by atoms with Crippen LogP contribution >= 0.6 is 11.3 Å². The Labute approximate surface area is 108 Å². The van der Waals surface area contributed by atoms with Crippen LogP contribution in [0.3, 0.4) is 0 Å². The Morgan fingerprint density at radius 1 is 1.50 bits per heavy atom. The second-order valence-corrected chi connectivity index (χ2v) is 4.94. The van der Waals surface area contributed by atoms with E-state index >= 15 is 0 Å². The molecule has 0 bridgehead atoms. The van der Waals surface area contributed by atoms with Crippen molar-refractivity contribution in [1.82, 2.24) is 5.06 Å². The van der Waals surface area contributed by atoms with Gasteiger partial charge in [0.25, 0.3) is 0 Å². The molecule has 0 aliphatic heterocycles. The van der Waals surface area contributed by atoms with Crippen molar-refractivity contribution in [3.05, 3.63) is 29.1 Å². The molecule has 1 atom stereocenters. The minimum atomic E-state index is -0.887. The van der Waals surface area contributed by atoms with Gasteiger partial charge in [-0.3, -0.25) is 5.21 Å². The smallest absolute Gasteiger partial charge is 0.339 e. The standard InChI is InChI=1S/C12H14N2O3S/c1-7(14(16)12(13)15)11-10(17-2)8-5-3-4-6-9(8)18-11/h3-7,16H,1-2H3,(H2,13,15). The van der Waals surface area contributed by atoms with E-state index in [1.165, 1.54) is 11.3 Å². The van der Waals surface area contributed by atoms with E-state index in [1.54, 1.807) is 14.0 Å². The molecule has 1 heterocycles. The monoisotopic (exact) mass is 266 g/mol. The van der Waals surface area contributed by atoms with Crippen LogP contribution in [0.1, 0.15) is 17.8 Å². The highest BCUT2D eigenvalue weighted by Crippen LogP contribution is 2.42. The summed E-state index contributed by atoms with van der Waals surface area (Å²) in [7, 11) is 1.57. The fourth-order valence-corrected chi connectivity index (χ4v) is 3.04. The lowest BCUT2D eigenvalue weighted by Crippen LogP contribution is -2.34. The van der Waals surface area contributed by atoms with Crippen molar-refractivity contribution in [3.8, 4) is 5.75 Å². The molecule has 6 heteroatoms. The van der Waals surface area contributed by atoms with Crippen LogP contribution in [-0.2, 0) is 0 Å². The number of hydrogen-bond acceptors (Lipinski definition) is 4. The van der Waals surface area contributed by atoms with Crippen molar-refractivity contribution < 1.29 is 14.7 Å². The molecule has 0 saturated carbocycles. The number of hydrogen-bond donors (Lipinski definition) is 2. The summed E-state index contributed by atoms with van der Waals surface area (Å²) in [6.45, 7) is 1.69. The van der Waals surface area contributed by atoms with Gasteiger partial charge in [-0.1, -0.05) is 12.1 Å². The quantitative estimate of drug-likeness (QED) is 0.662. The van der Waals surface area contributed by atoms with Crippen LogP contribution < -0.4 is 10.5 Å². The molecule has 0 radical (unpaired) electrons. The largest absolute Gasteiger partial charge is 0.495 e. The third-order valence-corrected chi connectivity index (χ3v) is 4.07. The normalized spacial score (nSPS) is 12.4. The third-order valence-electron chi connectivity index (χ3n) is 2.75. The lowest BCUT2D eigenvalue weighted by atomic mass is 10.2. The summed E-state index contributed by atoms with van der Waals surface area (Å²) >= 11 is 1.47. The van der Waals surface area contributed by atoms with E-state index in [2.05, 4.69) is 0 Å². The number of fused-ring (bicyclic) bond motifs is 1. The first-order valence-electron chi connectivity index (χ1n) is 5.39. The zero-order valence-electron chi connectivity index (χ0n) is 10.1. The molecule has 0 spiro atoms. The highest BCUT2D eigenvalue weighted by molar-refractivity contribution is 7.19. The van der Waals surface area contributed by atoms with Gasteiger partial charge in [0.2, 0.25) is 0 Å². The molecule has 5 nitrogen and oxygen atoms in total. The van der Waals surface area contributed by atoms with Crippen LogP contribution in [0.4, 0.5) is 4.79 Å². The van der Waals surface area contributed by atoms with E-state index in [0.717, 1.165) is 15.0 Å². The van der Waals surface area contributed by atoms with Gasteiger partial charge in [-0.05, 0) is 19.1 Å². The summed E-state index contributed by atoms with van der Waals surface area (Å²) in [5.74, 6) is 0.670. The van der Waals surface area contributed by atoms with Gasteiger partial charge in [-0.2, -0.15) is 5.06 Å². The van der Waals surface area contributed by atoms with Gasteiger partial charge in [0.05, 0.1) is 18.0 Å². The van der Waals surface area contributed by atoms with E-state index < -0.39 is 12.1 Å². The predicted molar refractivity (Wildman–Crippen MR) is 70.0 cm³/mol.